The summed E-state index contributed by atoms with van der Waals surface area (Å²) in [5.41, 5.74) is 2.67. The van der Waals surface area contributed by atoms with E-state index in [1.54, 1.807) is 25.1 Å². The summed E-state index contributed by atoms with van der Waals surface area (Å²) in [7, 11) is -1.03. The fourth-order valence-corrected chi connectivity index (χ4v) is 3.12. The Balaban J connectivity index is 1.69. The molecule has 0 spiro atoms. The predicted molar refractivity (Wildman–Crippen MR) is 106 cm³/mol. The van der Waals surface area contributed by atoms with Gasteiger partial charge in [0.2, 0.25) is 0 Å². The largest absolute Gasteiger partial charge is 0.491 e. The van der Waals surface area contributed by atoms with E-state index < -0.39 is 31.1 Å². The number of benzene rings is 2. The highest BCUT2D eigenvalue weighted by molar-refractivity contribution is 6.61. The van der Waals surface area contributed by atoms with Crippen molar-refractivity contribution in [1.82, 2.24) is 5.32 Å². The normalized spacial score (nSPS) is 15.1. The number of hydrogen-bond acceptors (Lipinski definition) is 5. The van der Waals surface area contributed by atoms with Crippen LogP contribution in [-0.4, -0.2) is 30.1 Å². The van der Waals surface area contributed by atoms with Gasteiger partial charge < -0.3 is 19.7 Å². The van der Waals surface area contributed by atoms with Gasteiger partial charge in [-0.2, -0.15) is 0 Å². The Bertz CT molecular complexity index is 855. The van der Waals surface area contributed by atoms with E-state index in [1.165, 1.54) is 0 Å². The fourth-order valence-electron chi connectivity index (χ4n) is 3.12. The molecule has 2 atom stereocenters. The first-order valence-electron chi connectivity index (χ1n) is 9.35. The number of carbonyl (C=O) groups excluding carboxylic acids is 2. The zero-order chi connectivity index (χ0) is 20.3. The first-order chi connectivity index (χ1) is 13.4. The van der Waals surface area contributed by atoms with E-state index in [0.717, 1.165) is 11.1 Å². The van der Waals surface area contributed by atoms with Gasteiger partial charge in [0, 0.05) is 5.56 Å². The van der Waals surface area contributed by atoms with Crippen LogP contribution in [0.5, 0.6) is 0 Å². The van der Waals surface area contributed by atoms with Crippen molar-refractivity contribution in [1.29, 1.82) is 0 Å². The summed E-state index contributed by atoms with van der Waals surface area (Å²) in [5, 5.41) is 12.6. The summed E-state index contributed by atoms with van der Waals surface area (Å²) >= 11 is 0. The number of ether oxygens (including phenoxy) is 1. The van der Waals surface area contributed by atoms with Crippen LogP contribution in [0.15, 0.2) is 48.5 Å². The lowest BCUT2D eigenvalue weighted by Crippen LogP contribution is -2.45. The molecule has 0 fully saturated rings. The van der Waals surface area contributed by atoms with E-state index >= 15 is 0 Å². The van der Waals surface area contributed by atoms with E-state index in [0.29, 0.717) is 17.6 Å². The lowest BCUT2D eigenvalue weighted by Gasteiger charge is -2.23. The van der Waals surface area contributed by atoms with Crippen molar-refractivity contribution in [2.24, 2.45) is 5.92 Å². The monoisotopic (exact) mass is 381 g/mol. The van der Waals surface area contributed by atoms with E-state index in [2.05, 4.69) is 5.32 Å². The molecule has 1 amide bonds. The van der Waals surface area contributed by atoms with Crippen molar-refractivity contribution in [3.05, 3.63) is 65.2 Å². The summed E-state index contributed by atoms with van der Waals surface area (Å²) in [4.78, 5) is 25.4. The first kappa shape index (κ1) is 20.1. The maximum Gasteiger partial charge on any atom is 0.491 e. The zero-order valence-electron chi connectivity index (χ0n) is 16.2. The highest BCUT2D eigenvalue weighted by atomic mass is 16.5. The van der Waals surface area contributed by atoms with Crippen LogP contribution in [-0.2, 0) is 20.8 Å². The molecule has 6 nitrogen and oxygen atoms in total. The summed E-state index contributed by atoms with van der Waals surface area (Å²) in [6.45, 7) is 5.81. The molecule has 2 aromatic carbocycles. The molecule has 0 saturated heterocycles. The third kappa shape index (κ3) is 4.43. The van der Waals surface area contributed by atoms with Gasteiger partial charge in [0.05, 0.1) is 6.61 Å². The van der Waals surface area contributed by atoms with Gasteiger partial charge in [0.1, 0.15) is 12.1 Å². The van der Waals surface area contributed by atoms with Crippen molar-refractivity contribution in [2.75, 3.05) is 0 Å². The number of carbonyl (C=O) groups is 2. The Hall–Kier alpha value is -2.64. The van der Waals surface area contributed by atoms with E-state index in [-0.39, 0.29) is 5.92 Å². The van der Waals surface area contributed by atoms with Gasteiger partial charge in [-0.25, -0.2) is 4.79 Å². The molecular weight excluding hydrogens is 357 g/mol. The lowest BCUT2D eigenvalue weighted by atomic mass is 9.78. The minimum Gasteiger partial charge on any atom is -0.456 e. The standard InChI is InChI=1S/C21H24BNO5/c1-13(2)19(21(25)28-14(3)15-7-5-4-6-8-15)23-20(24)16-9-10-17-12-27-22(26)18(17)11-16/h4-11,13-14,19,26H,12H2,1-3H3,(H,23,24)/t14-,19?/m1/s1. The van der Waals surface area contributed by atoms with Crippen LogP contribution >= 0.6 is 0 Å². The summed E-state index contributed by atoms with van der Waals surface area (Å²) in [6.07, 6.45) is -0.417. The molecule has 1 heterocycles. The summed E-state index contributed by atoms with van der Waals surface area (Å²) in [6, 6.07) is 13.7. The topological polar surface area (TPSA) is 84.9 Å². The van der Waals surface area contributed by atoms with Crippen LogP contribution in [0.2, 0.25) is 0 Å². The Kier molecular flexibility index (Phi) is 6.16. The number of fused-ring (bicyclic) bond motifs is 1. The molecule has 0 aliphatic carbocycles. The second-order valence-electron chi connectivity index (χ2n) is 7.26. The van der Waals surface area contributed by atoms with Crippen molar-refractivity contribution in [3.8, 4) is 0 Å². The van der Waals surface area contributed by atoms with Crippen LogP contribution in [0.25, 0.3) is 0 Å². The molecule has 146 valence electrons. The Morgan fingerprint density at radius 3 is 2.54 bits per heavy atom. The van der Waals surface area contributed by atoms with Gasteiger partial charge in [-0.05, 0) is 41.6 Å². The molecule has 0 saturated carbocycles. The smallest absolute Gasteiger partial charge is 0.456 e. The molecule has 1 aliphatic heterocycles. The van der Waals surface area contributed by atoms with Crippen LogP contribution in [0.3, 0.4) is 0 Å². The van der Waals surface area contributed by atoms with Gasteiger partial charge in [-0.3, -0.25) is 4.79 Å². The predicted octanol–water partition coefficient (Wildman–Crippen LogP) is 1.96. The molecule has 2 aromatic rings. The molecule has 3 rings (SSSR count). The molecule has 2 N–H and O–H groups in total. The van der Waals surface area contributed by atoms with Crippen LogP contribution in [0.1, 0.15) is 48.4 Å². The van der Waals surface area contributed by atoms with Gasteiger partial charge in [0.15, 0.2) is 0 Å². The molecule has 0 radical (unpaired) electrons. The zero-order valence-corrected chi connectivity index (χ0v) is 16.2. The highest BCUT2D eigenvalue weighted by Gasteiger charge is 2.30. The second-order valence-corrected chi connectivity index (χ2v) is 7.26. The van der Waals surface area contributed by atoms with Crippen LogP contribution in [0.4, 0.5) is 0 Å². The van der Waals surface area contributed by atoms with Crippen molar-refractivity contribution >= 4 is 24.5 Å². The van der Waals surface area contributed by atoms with Crippen LogP contribution < -0.4 is 10.8 Å². The van der Waals surface area contributed by atoms with Gasteiger partial charge >= 0.3 is 13.1 Å². The number of rotatable bonds is 6. The molecule has 1 unspecified atom stereocenters. The minimum atomic E-state index is -1.03. The van der Waals surface area contributed by atoms with Crippen molar-refractivity contribution in [2.45, 2.75) is 39.5 Å². The van der Waals surface area contributed by atoms with Crippen molar-refractivity contribution < 1.29 is 24.0 Å². The Morgan fingerprint density at radius 2 is 1.86 bits per heavy atom. The van der Waals surface area contributed by atoms with E-state index in [1.807, 2.05) is 44.2 Å². The molecule has 0 aromatic heterocycles. The number of nitrogens with one attached hydrogen (secondary N) is 1. The third-order valence-electron chi connectivity index (χ3n) is 4.84. The Labute approximate surface area is 165 Å². The fraction of sp³-hybridized carbons (Fsp3) is 0.333. The first-order valence-corrected chi connectivity index (χ1v) is 9.35. The molecular formula is C21H24BNO5. The van der Waals surface area contributed by atoms with Gasteiger partial charge in [-0.1, -0.05) is 50.2 Å². The summed E-state index contributed by atoms with van der Waals surface area (Å²) in [5.74, 6) is -1.03. The average molecular weight is 381 g/mol. The SMILES string of the molecule is CC(C)C(NC(=O)c1ccc2c(c1)B(O)OC2)C(=O)O[C@H](C)c1ccccc1. The quantitative estimate of drug-likeness (QED) is 0.590. The maximum absolute atomic E-state index is 12.7. The molecule has 1 aliphatic rings. The minimum absolute atomic E-state index is 0.150. The Morgan fingerprint density at radius 1 is 1.14 bits per heavy atom. The number of hydrogen-bond donors (Lipinski definition) is 2. The maximum atomic E-state index is 12.7. The second kappa shape index (κ2) is 8.58. The van der Waals surface area contributed by atoms with Gasteiger partial charge in [-0.15, -0.1) is 0 Å². The highest BCUT2D eigenvalue weighted by Crippen LogP contribution is 2.18. The van der Waals surface area contributed by atoms with Crippen LogP contribution in [0, 0.1) is 5.92 Å². The summed E-state index contributed by atoms with van der Waals surface area (Å²) < 4.78 is 10.7. The third-order valence-corrected chi connectivity index (χ3v) is 4.84. The molecule has 28 heavy (non-hydrogen) atoms. The average Bonchev–Trinajstić information content (AvgIpc) is 3.06. The molecule has 0 bridgehead atoms. The lowest BCUT2D eigenvalue weighted by molar-refractivity contribution is -0.152. The van der Waals surface area contributed by atoms with Crippen molar-refractivity contribution in [3.63, 3.8) is 0 Å². The number of amides is 1. The van der Waals surface area contributed by atoms with E-state index in [9.17, 15) is 14.6 Å². The molecule has 7 heteroatoms. The van der Waals surface area contributed by atoms with Gasteiger partial charge in [0.25, 0.3) is 5.91 Å². The number of esters is 1. The van der Waals surface area contributed by atoms with E-state index in [4.69, 9.17) is 9.39 Å².